The van der Waals surface area contributed by atoms with Gasteiger partial charge in [0, 0.05) is 34.2 Å². The summed E-state index contributed by atoms with van der Waals surface area (Å²) >= 11 is 9.65. The number of halogens is 1. The Balaban J connectivity index is 1.85. The van der Waals surface area contributed by atoms with Gasteiger partial charge < -0.3 is 0 Å². The molecule has 0 atom stereocenters. The van der Waals surface area contributed by atoms with Crippen LogP contribution in [0.5, 0.6) is 0 Å². The Bertz CT molecular complexity index is 764. The van der Waals surface area contributed by atoms with Gasteiger partial charge in [0.1, 0.15) is 0 Å². The quantitative estimate of drug-likeness (QED) is 0.636. The van der Waals surface area contributed by atoms with E-state index >= 15 is 0 Å². The lowest BCUT2D eigenvalue weighted by Crippen LogP contribution is -1.98. The third-order valence-electron chi connectivity index (χ3n) is 3.12. The summed E-state index contributed by atoms with van der Waals surface area (Å²) < 4.78 is 2.08. The van der Waals surface area contributed by atoms with Crippen LogP contribution in [-0.2, 0) is 5.75 Å². The highest BCUT2D eigenvalue weighted by atomic mass is 35.5. The van der Waals surface area contributed by atoms with Crippen LogP contribution in [0.15, 0.2) is 41.9 Å². The Labute approximate surface area is 137 Å². The highest BCUT2D eigenvalue weighted by Crippen LogP contribution is 2.29. The lowest BCUT2D eigenvalue weighted by atomic mass is 10.2. The Kier molecular flexibility index (Phi) is 4.33. The summed E-state index contributed by atoms with van der Waals surface area (Å²) in [5, 5.41) is 2.83. The zero-order chi connectivity index (χ0) is 14.8. The van der Waals surface area contributed by atoms with E-state index in [2.05, 4.69) is 20.6 Å². The van der Waals surface area contributed by atoms with Gasteiger partial charge in [0.2, 0.25) is 0 Å². The van der Waals surface area contributed by atoms with Crippen LogP contribution in [0.25, 0.3) is 5.69 Å². The molecule has 2 heterocycles. The zero-order valence-corrected chi connectivity index (χ0v) is 14.1. The van der Waals surface area contributed by atoms with Gasteiger partial charge >= 0.3 is 0 Å². The number of hydrogen-bond acceptors (Lipinski definition) is 4. The van der Waals surface area contributed by atoms with Crippen LogP contribution in [0.3, 0.4) is 0 Å². The molecular formula is C15H14ClN3S2. The first-order valence-electron chi connectivity index (χ1n) is 6.48. The molecule has 0 unspecified atom stereocenters. The monoisotopic (exact) mass is 335 g/mol. The molecule has 0 saturated carbocycles. The van der Waals surface area contributed by atoms with E-state index in [9.17, 15) is 0 Å². The predicted molar refractivity (Wildman–Crippen MR) is 89.7 cm³/mol. The molecule has 3 nitrogen and oxygen atoms in total. The Morgan fingerprint density at radius 2 is 2.14 bits per heavy atom. The Hall–Kier alpha value is -1.30. The van der Waals surface area contributed by atoms with Gasteiger partial charge in [-0.05, 0) is 31.5 Å². The fourth-order valence-electron chi connectivity index (χ4n) is 2.04. The number of hydrogen-bond donors (Lipinski definition) is 0. The molecule has 3 aromatic rings. The van der Waals surface area contributed by atoms with Crippen LogP contribution < -0.4 is 0 Å². The van der Waals surface area contributed by atoms with Crippen molar-refractivity contribution in [3.05, 3.63) is 57.3 Å². The molecule has 0 fully saturated rings. The van der Waals surface area contributed by atoms with Crippen molar-refractivity contribution in [3.63, 3.8) is 0 Å². The number of aryl methyl sites for hydroxylation is 1. The minimum absolute atomic E-state index is 0.773. The fraction of sp³-hybridized carbons (Fsp3) is 0.200. The van der Waals surface area contributed by atoms with Crippen molar-refractivity contribution in [1.82, 2.24) is 14.5 Å². The Morgan fingerprint density at radius 3 is 2.90 bits per heavy atom. The van der Waals surface area contributed by atoms with Crippen molar-refractivity contribution in [2.75, 3.05) is 0 Å². The Morgan fingerprint density at radius 1 is 1.29 bits per heavy atom. The number of thioether (sulfide) groups is 1. The van der Waals surface area contributed by atoms with E-state index in [1.807, 2.05) is 44.6 Å². The number of aromatic nitrogens is 3. The first kappa shape index (κ1) is 14.6. The summed E-state index contributed by atoms with van der Waals surface area (Å²) in [6, 6.07) is 5.93. The number of nitrogens with zero attached hydrogens (tertiary/aromatic N) is 3. The maximum atomic E-state index is 6.21. The summed E-state index contributed by atoms with van der Waals surface area (Å²) in [6.07, 6.45) is 5.73. The van der Waals surface area contributed by atoms with Gasteiger partial charge in [0.25, 0.3) is 0 Å². The number of rotatable bonds is 4. The van der Waals surface area contributed by atoms with Crippen molar-refractivity contribution >= 4 is 34.7 Å². The molecule has 6 heteroatoms. The highest BCUT2D eigenvalue weighted by Gasteiger charge is 2.10. The lowest BCUT2D eigenvalue weighted by molar-refractivity contribution is 0.888. The topological polar surface area (TPSA) is 30.7 Å². The summed E-state index contributed by atoms with van der Waals surface area (Å²) in [5.41, 5.74) is 2.13. The van der Waals surface area contributed by atoms with Gasteiger partial charge in [-0.15, -0.1) is 11.3 Å². The van der Waals surface area contributed by atoms with E-state index in [-0.39, 0.29) is 0 Å². The largest absolute Gasteiger partial charge is 0.295 e. The smallest absolute Gasteiger partial charge is 0.172 e. The number of imidazole rings is 1. The van der Waals surface area contributed by atoms with E-state index in [0.29, 0.717) is 0 Å². The van der Waals surface area contributed by atoms with E-state index in [0.717, 1.165) is 32.2 Å². The summed E-state index contributed by atoms with van der Waals surface area (Å²) in [6.45, 7) is 4.05. The van der Waals surface area contributed by atoms with Crippen LogP contribution in [0.4, 0.5) is 0 Å². The second kappa shape index (κ2) is 6.22. The molecule has 0 aliphatic rings. The number of benzene rings is 1. The van der Waals surface area contributed by atoms with E-state index in [1.165, 1.54) is 4.88 Å². The van der Waals surface area contributed by atoms with E-state index < -0.39 is 0 Å². The predicted octanol–water partition coefficient (Wildman–Crippen LogP) is 4.89. The molecule has 0 saturated heterocycles. The average molecular weight is 336 g/mol. The molecule has 0 aliphatic heterocycles. The van der Waals surface area contributed by atoms with Gasteiger partial charge in [-0.25, -0.2) is 9.97 Å². The van der Waals surface area contributed by atoms with Crippen molar-refractivity contribution in [1.29, 1.82) is 0 Å². The van der Waals surface area contributed by atoms with Crippen LogP contribution in [-0.4, -0.2) is 14.5 Å². The minimum Gasteiger partial charge on any atom is -0.295 e. The van der Waals surface area contributed by atoms with Gasteiger partial charge in [-0.3, -0.25) is 4.57 Å². The molecule has 3 rings (SSSR count). The van der Waals surface area contributed by atoms with Gasteiger partial charge in [-0.1, -0.05) is 29.4 Å². The zero-order valence-electron chi connectivity index (χ0n) is 11.7. The van der Waals surface area contributed by atoms with Crippen LogP contribution >= 0.6 is 34.7 Å². The molecule has 2 aromatic heterocycles. The molecule has 0 spiro atoms. The number of thiazole rings is 1. The van der Waals surface area contributed by atoms with Crippen molar-refractivity contribution in [3.8, 4) is 5.69 Å². The molecule has 1 aromatic carbocycles. The molecule has 108 valence electrons. The minimum atomic E-state index is 0.773. The first-order chi connectivity index (χ1) is 10.1. The summed E-state index contributed by atoms with van der Waals surface area (Å²) in [7, 11) is 0. The molecule has 0 bridgehead atoms. The molecular weight excluding hydrogens is 322 g/mol. The van der Waals surface area contributed by atoms with E-state index in [4.69, 9.17) is 11.6 Å². The van der Waals surface area contributed by atoms with Crippen molar-refractivity contribution in [2.24, 2.45) is 0 Å². The summed E-state index contributed by atoms with van der Waals surface area (Å²) in [5.74, 6) is 0.877. The maximum Gasteiger partial charge on any atom is 0.172 e. The molecule has 0 radical (unpaired) electrons. The van der Waals surface area contributed by atoms with Crippen LogP contribution in [0.2, 0.25) is 5.02 Å². The van der Waals surface area contributed by atoms with Gasteiger partial charge in [0.05, 0.1) is 10.7 Å². The first-order valence-corrected chi connectivity index (χ1v) is 8.66. The molecule has 21 heavy (non-hydrogen) atoms. The second-order valence-electron chi connectivity index (χ2n) is 4.60. The average Bonchev–Trinajstić information content (AvgIpc) is 3.08. The van der Waals surface area contributed by atoms with Gasteiger partial charge in [-0.2, -0.15) is 0 Å². The normalized spacial score (nSPS) is 11.0. The van der Waals surface area contributed by atoms with Crippen LogP contribution in [0, 0.1) is 13.8 Å². The van der Waals surface area contributed by atoms with Crippen LogP contribution in [0.1, 0.15) is 15.4 Å². The standard InChI is InChI=1S/C15H14ClN3S2/c1-10-13(16)4-3-5-14(10)19-7-6-17-15(19)20-9-12-8-18-11(2)21-12/h3-8H,9H2,1-2H3. The molecule has 0 N–H and O–H groups in total. The third kappa shape index (κ3) is 3.15. The van der Waals surface area contributed by atoms with E-state index in [1.54, 1.807) is 23.1 Å². The van der Waals surface area contributed by atoms with Gasteiger partial charge in [0.15, 0.2) is 5.16 Å². The second-order valence-corrected chi connectivity index (χ2v) is 7.27. The van der Waals surface area contributed by atoms with Crippen molar-refractivity contribution in [2.45, 2.75) is 24.8 Å². The fourth-order valence-corrected chi connectivity index (χ4v) is 4.00. The highest BCUT2D eigenvalue weighted by molar-refractivity contribution is 7.98. The summed E-state index contributed by atoms with van der Waals surface area (Å²) in [4.78, 5) is 9.99. The molecule has 0 amide bonds. The maximum absolute atomic E-state index is 6.21. The lowest BCUT2D eigenvalue weighted by Gasteiger charge is -2.11. The third-order valence-corrected chi connectivity index (χ3v) is 5.64. The SMILES string of the molecule is Cc1ncc(CSc2nccn2-c2cccc(Cl)c2C)s1. The molecule has 0 aliphatic carbocycles. The van der Waals surface area contributed by atoms with Crippen molar-refractivity contribution < 1.29 is 0 Å².